The minimum Gasteiger partial charge on any atom is -0.493 e. The largest absolute Gasteiger partial charge is 0.493 e. The highest BCUT2D eigenvalue weighted by Crippen LogP contribution is 2.28. The number of aliphatic hydroxyl groups is 1. The number of hydrogen-bond donors (Lipinski definition) is 1. The Morgan fingerprint density at radius 3 is 2.60 bits per heavy atom. The summed E-state index contributed by atoms with van der Waals surface area (Å²) >= 11 is 0. The van der Waals surface area contributed by atoms with Crippen LogP contribution in [-0.4, -0.2) is 70.3 Å². The minimum atomic E-state index is -0.601. The van der Waals surface area contributed by atoms with Crippen LogP contribution in [0.25, 0.3) is 0 Å². The molecule has 1 aromatic carbocycles. The number of rotatable bonds is 13. The number of ether oxygens (including phenoxy) is 4. The van der Waals surface area contributed by atoms with Gasteiger partial charge in [-0.25, -0.2) is 0 Å². The Labute approximate surface area is 150 Å². The van der Waals surface area contributed by atoms with Gasteiger partial charge in [-0.3, -0.25) is 4.90 Å². The van der Waals surface area contributed by atoms with Crippen molar-refractivity contribution < 1.29 is 24.1 Å². The Balaban J connectivity index is 2.70. The van der Waals surface area contributed by atoms with Gasteiger partial charge < -0.3 is 24.1 Å². The van der Waals surface area contributed by atoms with Crippen molar-refractivity contribution in [3.8, 4) is 23.8 Å². The molecular formula is C19H29NO5. The van der Waals surface area contributed by atoms with Crippen LogP contribution in [0.4, 0.5) is 0 Å². The molecule has 0 fully saturated rings. The maximum atomic E-state index is 10.2. The first-order valence-electron chi connectivity index (χ1n) is 8.26. The van der Waals surface area contributed by atoms with Crippen molar-refractivity contribution in [1.29, 1.82) is 0 Å². The quantitative estimate of drug-likeness (QED) is 0.430. The van der Waals surface area contributed by atoms with E-state index in [1.165, 1.54) is 0 Å². The van der Waals surface area contributed by atoms with E-state index in [2.05, 4.69) is 10.8 Å². The highest BCUT2D eigenvalue weighted by atomic mass is 16.5. The fourth-order valence-corrected chi connectivity index (χ4v) is 2.51. The van der Waals surface area contributed by atoms with Crippen LogP contribution in [-0.2, 0) is 16.0 Å². The first-order chi connectivity index (χ1) is 12.1. The fourth-order valence-electron chi connectivity index (χ4n) is 2.51. The standard InChI is InChI=1S/C19H29NO5/c1-5-10-25-15-17(21)14-20(9-6-11-22-2)13-16-7-8-18(23-3)19(12-16)24-4/h1,7-8,12,17,21H,6,9-11,13-15H2,2-4H3. The summed E-state index contributed by atoms with van der Waals surface area (Å²) in [5, 5.41) is 10.2. The lowest BCUT2D eigenvalue weighted by atomic mass is 10.1. The second-order valence-corrected chi connectivity index (χ2v) is 5.64. The van der Waals surface area contributed by atoms with Crippen LogP contribution in [0.5, 0.6) is 11.5 Å². The van der Waals surface area contributed by atoms with Gasteiger partial charge in [-0.1, -0.05) is 12.0 Å². The lowest BCUT2D eigenvalue weighted by Gasteiger charge is -2.25. The first-order valence-corrected chi connectivity index (χ1v) is 8.26. The zero-order valence-corrected chi connectivity index (χ0v) is 15.4. The molecule has 0 aliphatic rings. The van der Waals surface area contributed by atoms with Gasteiger partial charge in [-0.05, 0) is 24.1 Å². The zero-order chi connectivity index (χ0) is 18.5. The summed E-state index contributed by atoms with van der Waals surface area (Å²) in [6.45, 7) is 3.06. The first kappa shape index (κ1) is 21.3. The third-order valence-electron chi connectivity index (χ3n) is 3.64. The van der Waals surface area contributed by atoms with Crippen LogP contribution >= 0.6 is 0 Å². The lowest BCUT2D eigenvalue weighted by molar-refractivity contribution is 0.0244. The number of nitrogens with zero attached hydrogens (tertiary/aromatic N) is 1. The molecule has 25 heavy (non-hydrogen) atoms. The topological polar surface area (TPSA) is 60.4 Å². The van der Waals surface area contributed by atoms with Crippen LogP contribution in [0.1, 0.15) is 12.0 Å². The van der Waals surface area contributed by atoms with Crippen LogP contribution < -0.4 is 9.47 Å². The summed E-state index contributed by atoms with van der Waals surface area (Å²) in [6.07, 6.45) is 5.42. The maximum Gasteiger partial charge on any atom is 0.161 e. The molecule has 1 N–H and O–H groups in total. The van der Waals surface area contributed by atoms with E-state index >= 15 is 0 Å². The number of methoxy groups -OCH3 is 3. The molecule has 0 aliphatic heterocycles. The molecule has 0 bridgehead atoms. The van der Waals surface area contributed by atoms with E-state index in [0.717, 1.165) is 18.5 Å². The summed E-state index contributed by atoms with van der Waals surface area (Å²) in [6, 6.07) is 5.82. The highest BCUT2D eigenvalue weighted by molar-refractivity contribution is 5.42. The molecule has 6 nitrogen and oxygen atoms in total. The molecule has 0 radical (unpaired) electrons. The Hall–Kier alpha value is -1.78. The molecule has 0 aromatic heterocycles. The number of benzene rings is 1. The average Bonchev–Trinajstić information content (AvgIpc) is 2.62. The molecule has 0 amide bonds. The van der Waals surface area contributed by atoms with Gasteiger partial charge in [0.15, 0.2) is 11.5 Å². The second-order valence-electron chi connectivity index (χ2n) is 5.64. The van der Waals surface area contributed by atoms with E-state index in [-0.39, 0.29) is 13.2 Å². The Morgan fingerprint density at radius 2 is 1.96 bits per heavy atom. The average molecular weight is 351 g/mol. The summed E-state index contributed by atoms with van der Waals surface area (Å²) in [5.74, 6) is 3.78. The molecule has 1 aromatic rings. The molecule has 0 heterocycles. The van der Waals surface area contributed by atoms with Crippen molar-refractivity contribution in [1.82, 2.24) is 4.90 Å². The van der Waals surface area contributed by atoms with Gasteiger partial charge in [0.25, 0.3) is 0 Å². The van der Waals surface area contributed by atoms with Gasteiger partial charge in [0, 0.05) is 33.4 Å². The van der Waals surface area contributed by atoms with E-state index < -0.39 is 6.10 Å². The molecule has 6 heteroatoms. The van der Waals surface area contributed by atoms with Gasteiger partial charge in [0.05, 0.1) is 26.9 Å². The second kappa shape index (κ2) is 12.6. The molecule has 1 rings (SSSR count). The molecular weight excluding hydrogens is 322 g/mol. The minimum absolute atomic E-state index is 0.205. The maximum absolute atomic E-state index is 10.2. The van der Waals surface area contributed by atoms with Gasteiger partial charge in [-0.2, -0.15) is 0 Å². The highest BCUT2D eigenvalue weighted by Gasteiger charge is 2.14. The Morgan fingerprint density at radius 1 is 1.20 bits per heavy atom. The van der Waals surface area contributed by atoms with E-state index in [4.69, 9.17) is 25.4 Å². The van der Waals surface area contributed by atoms with Gasteiger partial charge >= 0.3 is 0 Å². The SMILES string of the molecule is C#CCOCC(O)CN(CCCOC)Cc1ccc(OC)c(OC)c1. The lowest BCUT2D eigenvalue weighted by Crippen LogP contribution is -2.35. The molecule has 0 spiro atoms. The van der Waals surface area contributed by atoms with E-state index in [9.17, 15) is 5.11 Å². The van der Waals surface area contributed by atoms with Crippen molar-refractivity contribution in [2.75, 3.05) is 54.2 Å². The molecule has 0 saturated carbocycles. The molecule has 0 saturated heterocycles. The monoisotopic (exact) mass is 351 g/mol. The summed E-state index contributed by atoms with van der Waals surface area (Å²) < 4.78 is 21.0. The number of terminal acetylenes is 1. The van der Waals surface area contributed by atoms with Crippen molar-refractivity contribution in [2.24, 2.45) is 0 Å². The third kappa shape index (κ3) is 8.23. The van der Waals surface area contributed by atoms with Crippen molar-refractivity contribution in [3.05, 3.63) is 23.8 Å². The van der Waals surface area contributed by atoms with E-state index in [1.807, 2.05) is 18.2 Å². The number of hydrogen-bond acceptors (Lipinski definition) is 6. The van der Waals surface area contributed by atoms with Crippen molar-refractivity contribution in [2.45, 2.75) is 19.1 Å². The predicted octanol–water partition coefficient (Wildman–Crippen LogP) is 1.55. The van der Waals surface area contributed by atoms with Crippen molar-refractivity contribution >= 4 is 0 Å². The van der Waals surface area contributed by atoms with Crippen LogP contribution in [0.15, 0.2) is 18.2 Å². The zero-order valence-electron chi connectivity index (χ0n) is 15.4. The molecule has 1 unspecified atom stereocenters. The van der Waals surface area contributed by atoms with E-state index in [0.29, 0.717) is 31.2 Å². The fraction of sp³-hybridized carbons (Fsp3) is 0.579. The van der Waals surface area contributed by atoms with Crippen LogP contribution in [0.2, 0.25) is 0 Å². The summed E-state index contributed by atoms with van der Waals surface area (Å²) in [4.78, 5) is 2.16. The summed E-state index contributed by atoms with van der Waals surface area (Å²) in [5.41, 5.74) is 1.08. The Kier molecular flexibility index (Phi) is 10.7. The predicted molar refractivity (Wildman–Crippen MR) is 97.0 cm³/mol. The van der Waals surface area contributed by atoms with Crippen LogP contribution in [0, 0.1) is 12.3 Å². The Bertz CT molecular complexity index is 529. The van der Waals surface area contributed by atoms with Crippen molar-refractivity contribution in [3.63, 3.8) is 0 Å². The molecule has 140 valence electrons. The van der Waals surface area contributed by atoms with Crippen LogP contribution in [0.3, 0.4) is 0 Å². The normalized spacial score (nSPS) is 12.0. The molecule has 0 aliphatic carbocycles. The van der Waals surface area contributed by atoms with Gasteiger partial charge in [0.1, 0.15) is 6.61 Å². The third-order valence-corrected chi connectivity index (χ3v) is 3.64. The smallest absolute Gasteiger partial charge is 0.161 e. The van der Waals surface area contributed by atoms with Gasteiger partial charge in [0.2, 0.25) is 0 Å². The molecule has 1 atom stereocenters. The summed E-state index contributed by atoms with van der Waals surface area (Å²) in [7, 11) is 4.91. The number of aliphatic hydroxyl groups excluding tert-OH is 1. The van der Waals surface area contributed by atoms with Gasteiger partial charge in [-0.15, -0.1) is 6.42 Å². The van der Waals surface area contributed by atoms with E-state index in [1.54, 1.807) is 21.3 Å².